The molecule has 25 nitrogen and oxygen atoms in total. The van der Waals surface area contributed by atoms with Gasteiger partial charge in [-0.3, -0.25) is 57.5 Å². The van der Waals surface area contributed by atoms with Gasteiger partial charge in [0.1, 0.15) is 53.9 Å². The average Bonchev–Trinajstić information content (AvgIpc) is 1.66. The lowest BCUT2D eigenvalue weighted by Crippen LogP contribution is -2.68. The van der Waals surface area contributed by atoms with Crippen molar-refractivity contribution in [3.05, 3.63) is 12.2 Å². The number of alkyl halides is 3. The molecule has 0 aromatic rings. The Kier molecular flexibility index (Phi) is 29.5. The third-order valence-electron chi connectivity index (χ3n) is 24.3. The monoisotopic (exact) mass is 1450 g/mol. The molecule has 7 rings (SSSR count). The van der Waals surface area contributed by atoms with Gasteiger partial charge in [0.25, 0.3) is 0 Å². The van der Waals surface area contributed by atoms with Crippen LogP contribution in [0.1, 0.15) is 189 Å². The van der Waals surface area contributed by atoms with E-state index in [4.69, 9.17) is 4.74 Å². The summed E-state index contributed by atoms with van der Waals surface area (Å²) in [6.07, 6.45) is 6.23. The predicted octanol–water partition coefficient (Wildman–Crippen LogP) is 5.86. The molecule has 580 valence electrons. The van der Waals surface area contributed by atoms with Gasteiger partial charge in [-0.15, -0.1) is 0 Å². The van der Waals surface area contributed by atoms with Crippen molar-refractivity contribution in [2.45, 2.75) is 255 Å². The molecule has 0 radical (unpaired) electrons. The van der Waals surface area contributed by atoms with Gasteiger partial charge in [0.05, 0.1) is 31.5 Å². The molecule has 4 saturated carbocycles. The first kappa shape index (κ1) is 83.4. The number of carbonyl (C=O) groups is 12. The van der Waals surface area contributed by atoms with Gasteiger partial charge < -0.3 is 64.4 Å². The van der Waals surface area contributed by atoms with Gasteiger partial charge >= 0.3 is 6.18 Å². The zero-order chi connectivity index (χ0) is 76.3. The fourth-order valence-corrected chi connectivity index (χ4v) is 17.2. The van der Waals surface area contributed by atoms with E-state index in [1.807, 2.05) is 26.8 Å². The maximum atomic E-state index is 15.7. The van der Waals surface area contributed by atoms with Crippen LogP contribution in [0.5, 0.6) is 0 Å². The molecule has 4 aliphatic carbocycles. The normalized spacial score (nSPS) is 32.1. The molecular formula is C75H121F3N12O13. The molecule has 3 unspecified atom stereocenters. The van der Waals surface area contributed by atoms with E-state index in [-0.39, 0.29) is 101 Å². The fourth-order valence-electron chi connectivity index (χ4n) is 17.2. The number of carbonyl (C=O) groups excluding carboxylic acids is 12. The van der Waals surface area contributed by atoms with Crippen LogP contribution in [0.3, 0.4) is 0 Å². The van der Waals surface area contributed by atoms with Crippen molar-refractivity contribution in [3.8, 4) is 0 Å². The summed E-state index contributed by atoms with van der Waals surface area (Å²) in [6.45, 7) is 8.50. The molecule has 7 aliphatic rings. The quantitative estimate of drug-likeness (QED) is 0.217. The number of rotatable bonds is 12. The van der Waals surface area contributed by atoms with Crippen molar-refractivity contribution in [1.29, 1.82) is 0 Å². The van der Waals surface area contributed by atoms with Gasteiger partial charge in [-0.05, 0) is 132 Å². The molecule has 3 aliphatic heterocycles. The van der Waals surface area contributed by atoms with E-state index in [2.05, 4.69) is 17.6 Å². The Labute approximate surface area is 608 Å². The van der Waals surface area contributed by atoms with Gasteiger partial charge in [0.15, 0.2) is 0 Å². The van der Waals surface area contributed by atoms with Crippen molar-refractivity contribution in [3.63, 3.8) is 0 Å². The number of amides is 12. The lowest BCUT2D eigenvalue weighted by Gasteiger charge is -2.51. The fraction of sp³-hybridized carbons (Fsp3) is 0.813. The Morgan fingerprint density at radius 1 is 0.650 bits per heavy atom. The number of likely N-dealkylation sites (N-methyl/N-ethyl adjacent to an activating group) is 8. The van der Waals surface area contributed by atoms with E-state index in [9.17, 15) is 41.9 Å². The maximum Gasteiger partial charge on any atom is 0.394 e. The first-order valence-electron chi connectivity index (χ1n) is 38.0. The molecule has 2 N–H and O–H groups in total. The molecule has 13 atom stereocenters. The van der Waals surface area contributed by atoms with Gasteiger partial charge in [-0.2, -0.15) is 13.2 Å². The highest BCUT2D eigenvalue weighted by Gasteiger charge is 2.56. The van der Waals surface area contributed by atoms with E-state index in [1.165, 1.54) is 120 Å². The Morgan fingerprint density at radius 3 is 1.88 bits per heavy atom. The van der Waals surface area contributed by atoms with Gasteiger partial charge in [-0.1, -0.05) is 98.1 Å². The molecule has 2 saturated heterocycles. The van der Waals surface area contributed by atoms with Crippen LogP contribution in [-0.2, 0) is 62.3 Å². The molecule has 103 heavy (non-hydrogen) atoms. The summed E-state index contributed by atoms with van der Waals surface area (Å²) < 4.78 is 48.3. The molecule has 6 fully saturated rings. The molecular weight excluding hydrogens is 1330 g/mol. The summed E-state index contributed by atoms with van der Waals surface area (Å²) in [5, 5.41) is 5.81. The van der Waals surface area contributed by atoms with Crippen molar-refractivity contribution in [2.75, 3.05) is 96.7 Å². The Bertz CT molecular complexity index is 3060. The Hall–Kier alpha value is -6.87. The van der Waals surface area contributed by atoms with Gasteiger partial charge in [0, 0.05) is 83.6 Å². The first-order chi connectivity index (χ1) is 48.5. The molecule has 28 heteroatoms. The van der Waals surface area contributed by atoms with Crippen LogP contribution in [0.2, 0.25) is 0 Å². The minimum absolute atomic E-state index is 0.00869. The maximum absolute atomic E-state index is 15.7. The molecule has 2 bridgehead atoms. The number of fused-ring (bicyclic) bond motifs is 3. The second-order valence-corrected chi connectivity index (χ2v) is 31.7. The third-order valence-corrected chi connectivity index (χ3v) is 24.3. The molecule has 0 aromatic heterocycles. The van der Waals surface area contributed by atoms with Crippen molar-refractivity contribution in [1.82, 2.24) is 59.6 Å². The van der Waals surface area contributed by atoms with E-state index < -0.39 is 174 Å². The highest BCUT2D eigenvalue weighted by atomic mass is 19.4. The second kappa shape index (κ2) is 36.4. The number of hydrogen-bond donors (Lipinski definition) is 2. The number of hydrogen-bond acceptors (Lipinski definition) is 13. The zero-order valence-corrected chi connectivity index (χ0v) is 64.1. The van der Waals surface area contributed by atoms with Crippen LogP contribution >= 0.6 is 0 Å². The topological polar surface area (TPSA) is 271 Å². The highest BCUT2D eigenvalue weighted by molar-refractivity contribution is 6.01. The van der Waals surface area contributed by atoms with E-state index >= 15 is 28.8 Å². The SMILES string of the molecule is CCC[C@H]1C(=O)N[C@@H]([C@@H](C)CC)C(=O)N(C)CC(=O)N(C)[C@H]2C/C=C\CCN(C2=O)[C@@H](CC2CCC(C)CC2)C(=O)N(C)CC(=O)N[C@@H](CCC2CCC(C(F)(F)F)C(OC)C2)C(=O)N2C[C@@H](C)C[C@H]2C(=O)N(C)C2(CCC2)C(=O)N(C)[C@@H](C2CCCC2)C(=O)N(C)[C@H](C(=O)N(C)C)CC(=O)N1C. The van der Waals surface area contributed by atoms with E-state index in [0.717, 1.165) is 38.5 Å². The number of halogens is 3. The summed E-state index contributed by atoms with van der Waals surface area (Å²) in [5.41, 5.74) is -1.49. The van der Waals surface area contributed by atoms with E-state index in [0.29, 0.717) is 44.4 Å². The lowest BCUT2D eigenvalue weighted by molar-refractivity contribution is -0.215. The van der Waals surface area contributed by atoms with Crippen molar-refractivity contribution < 1.29 is 75.4 Å². The summed E-state index contributed by atoms with van der Waals surface area (Å²) in [5.74, 6) is -10.1. The van der Waals surface area contributed by atoms with Crippen LogP contribution < -0.4 is 10.6 Å². The number of nitrogens with zero attached hydrogens (tertiary/aromatic N) is 10. The highest BCUT2D eigenvalue weighted by Crippen LogP contribution is 2.45. The second-order valence-electron chi connectivity index (χ2n) is 31.7. The minimum atomic E-state index is -4.51. The van der Waals surface area contributed by atoms with Crippen LogP contribution in [0.4, 0.5) is 13.2 Å². The van der Waals surface area contributed by atoms with Gasteiger partial charge in [0.2, 0.25) is 70.9 Å². The molecule has 12 amide bonds. The van der Waals surface area contributed by atoms with Crippen LogP contribution in [-0.4, -0.2) is 283 Å². The first-order valence-corrected chi connectivity index (χ1v) is 38.0. The molecule has 1 spiro atoms. The lowest BCUT2D eigenvalue weighted by atomic mass is 9.73. The smallest absolute Gasteiger partial charge is 0.381 e. The number of ether oxygens (including phenoxy) is 1. The Morgan fingerprint density at radius 2 is 1.29 bits per heavy atom. The van der Waals surface area contributed by atoms with Crippen molar-refractivity contribution in [2.24, 2.45) is 41.4 Å². The van der Waals surface area contributed by atoms with Crippen LogP contribution in [0.15, 0.2) is 12.2 Å². The molecule has 0 aromatic carbocycles. The third kappa shape index (κ3) is 19.6. The minimum Gasteiger partial charge on any atom is -0.381 e. The summed E-state index contributed by atoms with van der Waals surface area (Å²) in [6, 6.07) is -9.75. The average molecular weight is 1460 g/mol. The van der Waals surface area contributed by atoms with Crippen LogP contribution in [0.25, 0.3) is 0 Å². The van der Waals surface area contributed by atoms with E-state index in [1.54, 1.807) is 13.0 Å². The predicted molar refractivity (Wildman–Crippen MR) is 380 cm³/mol. The zero-order valence-electron chi connectivity index (χ0n) is 64.1. The number of nitrogens with one attached hydrogen (secondary N) is 2. The van der Waals surface area contributed by atoms with Crippen molar-refractivity contribution >= 4 is 70.9 Å². The number of methoxy groups -OCH3 is 1. The summed E-state index contributed by atoms with van der Waals surface area (Å²) in [4.78, 5) is 194. The Balaban J connectivity index is 1.31. The largest absolute Gasteiger partial charge is 0.394 e. The molecule has 3 heterocycles. The van der Waals surface area contributed by atoms with Crippen LogP contribution in [0, 0.1) is 41.4 Å². The van der Waals surface area contributed by atoms with Gasteiger partial charge in [-0.25, -0.2) is 0 Å². The summed E-state index contributed by atoms with van der Waals surface area (Å²) >= 11 is 0. The standard InChI is InChI=1S/C75H121F3N12O13/c1-16-24-54-65(94)80-63(48(5)17-2)71(100)83(9)45-62(93)85(11)55-27-19-18-22-38-89(70(55)99)58(40-49-30-28-46(3)29-31-49)68(97)82(8)44-60(91)79-53(35-33-50-32-34-52(75(76,77)78)59(41-50)103-15)66(95)90-43-47(4)39-57(90)69(98)88(14)74(36-23-37-74)73(102)87(13)64(51-25-20-21-26-51)72(101)86(12)56(67(96)81(6)7)42-61(92)84(54)10/h18-19,46-59,63-64H,16-17,20-45H2,1-15H3,(H,79,91)(H,80,94)/b19-18-/t46?,47-,48-,49?,50?,52?,53-,54-,55-,56-,57-,58-,59?,63-,64-/m0/s1. The summed E-state index contributed by atoms with van der Waals surface area (Å²) in [7, 11) is 14.4.